The van der Waals surface area contributed by atoms with Gasteiger partial charge in [-0.2, -0.15) is 5.26 Å². The summed E-state index contributed by atoms with van der Waals surface area (Å²) in [6.07, 6.45) is 0.711. The Labute approximate surface area is 170 Å². The monoisotopic (exact) mass is 389 g/mol. The van der Waals surface area contributed by atoms with Crippen molar-refractivity contribution in [3.05, 3.63) is 63.7 Å². The third-order valence-electron chi connectivity index (χ3n) is 5.74. The van der Waals surface area contributed by atoms with Gasteiger partial charge >= 0.3 is 0 Å². The van der Waals surface area contributed by atoms with E-state index in [1.807, 2.05) is 24.3 Å². The zero-order valence-electron chi connectivity index (χ0n) is 16.8. The predicted octanol–water partition coefficient (Wildman–Crippen LogP) is 5.55. The highest BCUT2D eigenvalue weighted by Crippen LogP contribution is 2.51. The number of hydrogen-bond donors (Lipinski definition) is 0. The fraction of sp³-hybridized carbons (Fsp3) is 0.333. The molecule has 142 valence electrons. The third kappa shape index (κ3) is 2.69. The van der Waals surface area contributed by atoms with Gasteiger partial charge < -0.3 is 4.74 Å². The average molecular weight is 390 g/mol. The number of rotatable bonds is 3. The number of nitriles is 1. The maximum absolute atomic E-state index is 13.6. The summed E-state index contributed by atoms with van der Waals surface area (Å²) in [7, 11) is 1.68. The Kier molecular flexibility index (Phi) is 4.39. The highest BCUT2D eigenvalue weighted by molar-refractivity contribution is 8.00. The van der Waals surface area contributed by atoms with E-state index in [0.29, 0.717) is 17.2 Å². The molecule has 0 saturated carbocycles. The number of Topliss-reactive ketones (excluding diaryl/α,β-unsaturated/α-hetero) is 1. The normalized spacial score (nSPS) is 16.5. The number of methoxy groups -OCH3 is 1. The summed E-state index contributed by atoms with van der Waals surface area (Å²) in [6.45, 7) is 8.63. The van der Waals surface area contributed by atoms with Crippen LogP contribution in [0.2, 0.25) is 0 Å². The van der Waals surface area contributed by atoms with E-state index in [1.54, 1.807) is 24.9 Å². The average Bonchev–Trinajstić information content (AvgIpc) is 3.05. The standard InChI is InChI=1S/C24H23NO2S/c1-13(2)28-21-10-17-18(11-20(21)27-5)24(3,4)19-9-15-8-14(12-25)6-7-16(15)22(19)23(17)26/h6-8,10-11,13H,9H2,1-5H3. The van der Waals surface area contributed by atoms with Crippen LogP contribution in [0.3, 0.4) is 0 Å². The van der Waals surface area contributed by atoms with E-state index in [1.165, 1.54) is 0 Å². The minimum Gasteiger partial charge on any atom is -0.496 e. The molecule has 0 radical (unpaired) electrons. The summed E-state index contributed by atoms with van der Waals surface area (Å²) in [4.78, 5) is 14.6. The van der Waals surface area contributed by atoms with E-state index in [2.05, 4.69) is 33.8 Å². The summed E-state index contributed by atoms with van der Waals surface area (Å²) in [5.74, 6) is 0.908. The summed E-state index contributed by atoms with van der Waals surface area (Å²) < 4.78 is 5.66. The first-order chi connectivity index (χ1) is 13.3. The molecule has 28 heavy (non-hydrogen) atoms. The molecule has 0 atom stereocenters. The Morgan fingerprint density at radius 2 is 1.93 bits per heavy atom. The summed E-state index contributed by atoms with van der Waals surface area (Å²) >= 11 is 1.71. The number of thioether (sulfide) groups is 1. The van der Waals surface area contributed by atoms with Crippen LogP contribution >= 0.6 is 11.8 Å². The van der Waals surface area contributed by atoms with Gasteiger partial charge in [-0.1, -0.05) is 33.8 Å². The highest BCUT2D eigenvalue weighted by atomic mass is 32.2. The Hall–Kier alpha value is -2.51. The van der Waals surface area contributed by atoms with Crippen molar-refractivity contribution in [1.29, 1.82) is 5.26 Å². The fourth-order valence-electron chi connectivity index (χ4n) is 4.36. The van der Waals surface area contributed by atoms with Crippen molar-refractivity contribution in [2.75, 3.05) is 7.11 Å². The SMILES string of the molecule is COc1cc2c(cc1SC(C)C)C(=O)C1=C(Cc3cc(C#N)ccc31)C2(C)C. The van der Waals surface area contributed by atoms with E-state index < -0.39 is 0 Å². The Balaban J connectivity index is 1.91. The largest absolute Gasteiger partial charge is 0.496 e. The molecule has 0 aliphatic heterocycles. The van der Waals surface area contributed by atoms with Crippen molar-refractivity contribution < 1.29 is 9.53 Å². The van der Waals surface area contributed by atoms with Crippen LogP contribution in [0.5, 0.6) is 5.75 Å². The van der Waals surface area contributed by atoms with E-state index in [0.717, 1.165) is 44.0 Å². The maximum atomic E-state index is 13.6. The quantitative estimate of drug-likeness (QED) is 0.646. The van der Waals surface area contributed by atoms with E-state index in [4.69, 9.17) is 4.74 Å². The molecule has 2 aliphatic carbocycles. The van der Waals surface area contributed by atoms with Gasteiger partial charge in [-0.25, -0.2) is 0 Å². The van der Waals surface area contributed by atoms with Crippen molar-refractivity contribution >= 4 is 23.1 Å². The van der Waals surface area contributed by atoms with Crippen LogP contribution in [0.1, 0.15) is 60.3 Å². The summed E-state index contributed by atoms with van der Waals surface area (Å²) in [5.41, 5.74) is 6.16. The molecule has 4 heteroatoms. The molecular weight excluding hydrogens is 366 g/mol. The van der Waals surface area contributed by atoms with Crippen LogP contribution in [-0.4, -0.2) is 18.1 Å². The lowest BCUT2D eigenvalue weighted by molar-refractivity contribution is 0.105. The number of ketones is 1. The van der Waals surface area contributed by atoms with Crippen LogP contribution < -0.4 is 4.74 Å². The van der Waals surface area contributed by atoms with E-state index in [-0.39, 0.29) is 11.2 Å². The van der Waals surface area contributed by atoms with Gasteiger partial charge in [0.2, 0.25) is 0 Å². The van der Waals surface area contributed by atoms with Crippen molar-refractivity contribution in [3.63, 3.8) is 0 Å². The van der Waals surface area contributed by atoms with Gasteiger partial charge in [-0.15, -0.1) is 11.8 Å². The first-order valence-electron chi connectivity index (χ1n) is 9.48. The van der Waals surface area contributed by atoms with Gasteiger partial charge in [-0.05, 0) is 52.9 Å². The zero-order valence-corrected chi connectivity index (χ0v) is 17.7. The van der Waals surface area contributed by atoms with Gasteiger partial charge in [-0.3, -0.25) is 4.79 Å². The number of carbonyl (C=O) groups is 1. The smallest absolute Gasteiger partial charge is 0.193 e. The lowest BCUT2D eigenvalue weighted by Crippen LogP contribution is -2.30. The summed E-state index contributed by atoms with van der Waals surface area (Å²) in [5, 5.41) is 9.63. The molecule has 0 N–H and O–H groups in total. The fourth-order valence-corrected chi connectivity index (χ4v) is 5.31. The minimum atomic E-state index is -0.279. The topological polar surface area (TPSA) is 50.1 Å². The molecule has 4 rings (SSSR count). The maximum Gasteiger partial charge on any atom is 0.193 e. The predicted molar refractivity (Wildman–Crippen MR) is 113 cm³/mol. The third-order valence-corrected chi connectivity index (χ3v) is 6.78. The number of nitrogens with zero attached hydrogens (tertiary/aromatic N) is 1. The van der Waals surface area contributed by atoms with Crippen molar-refractivity contribution in [2.24, 2.45) is 0 Å². The lowest BCUT2D eigenvalue weighted by Gasteiger charge is -2.35. The van der Waals surface area contributed by atoms with Crippen LogP contribution in [0, 0.1) is 11.3 Å². The number of ether oxygens (including phenoxy) is 1. The lowest BCUT2D eigenvalue weighted by atomic mass is 9.68. The minimum absolute atomic E-state index is 0.0843. The van der Waals surface area contributed by atoms with Gasteiger partial charge in [0.1, 0.15) is 5.75 Å². The van der Waals surface area contributed by atoms with Gasteiger partial charge in [0.05, 0.1) is 23.6 Å². The van der Waals surface area contributed by atoms with Crippen molar-refractivity contribution in [1.82, 2.24) is 0 Å². The van der Waals surface area contributed by atoms with Gasteiger partial charge in [0, 0.05) is 21.8 Å². The second-order valence-corrected chi connectivity index (χ2v) is 9.80. The number of benzene rings is 2. The number of fused-ring (bicyclic) bond motifs is 3. The Bertz CT molecular complexity index is 1090. The number of carbonyl (C=O) groups excluding carboxylic acids is 1. The molecule has 0 unspecified atom stereocenters. The van der Waals surface area contributed by atoms with E-state index in [9.17, 15) is 10.1 Å². The van der Waals surface area contributed by atoms with Crippen molar-refractivity contribution in [3.8, 4) is 11.8 Å². The molecule has 0 aromatic heterocycles. The molecular formula is C24H23NO2S. The molecule has 0 spiro atoms. The first kappa shape index (κ1) is 18.8. The first-order valence-corrected chi connectivity index (χ1v) is 10.4. The number of allylic oxidation sites excluding steroid dienone is 2. The molecule has 2 aromatic rings. The molecule has 0 fully saturated rings. The number of hydrogen-bond acceptors (Lipinski definition) is 4. The molecule has 2 aromatic carbocycles. The van der Waals surface area contributed by atoms with Crippen LogP contribution in [0.4, 0.5) is 0 Å². The highest BCUT2D eigenvalue weighted by Gasteiger charge is 2.43. The molecule has 3 nitrogen and oxygen atoms in total. The second kappa shape index (κ2) is 6.53. The molecule has 0 saturated heterocycles. The van der Waals surface area contributed by atoms with Crippen LogP contribution in [-0.2, 0) is 11.8 Å². The molecule has 0 bridgehead atoms. The molecule has 0 heterocycles. The van der Waals surface area contributed by atoms with Gasteiger partial charge in [0.25, 0.3) is 0 Å². The second-order valence-electron chi connectivity index (χ2n) is 8.18. The van der Waals surface area contributed by atoms with Gasteiger partial charge in [0.15, 0.2) is 5.78 Å². The van der Waals surface area contributed by atoms with Crippen LogP contribution in [0.25, 0.3) is 5.57 Å². The Morgan fingerprint density at radius 3 is 2.57 bits per heavy atom. The molecule has 0 amide bonds. The molecule has 2 aliphatic rings. The van der Waals surface area contributed by atoms with E-state index >= 15 is 0 Å². The zero-order chi connectivity index (χ0) is 20.2. The Morgan fingerprint density at radius 1 is 1.18 bits per heavy atom. The van der Waals surface area contributed by atoms with Crippen molar-refractivity contribution in [2.45, 2.75) is 49.7 Å². The van der Waals surface area contributed by atoms with Crippen LogP contribution in [0.15, 0.2) is 40.8 Å². The summed E-state index contributed by atoms with van der Waals surface area (Å²) in [6, 6.07) is 11.9.